The van der Waals surface area contributed by atoms with Gasteiger partial charge in [-0.15, -0.1) is 0 Å². The van der Waals surface area contributed by atoms with Crippen LogP contribution in [0.2, 0.25) is 0 Å². The highest BCUT2D eigenvalue weighted by atomic mass is 16.6. The zero-order valence-corrected chi connectivity index (χ0v) is 10.1. The van der Waals surface area contributed by atoms with Gasteiger partial charge in [-0.25, -0.2) is 0 Å². The molecule has 6 heteroatoms. The van der Waals surface area contributed by atoms with E-state index in [1.165, 1.54) is 0 Å². The summed E-state index contributed by atoms with van der Waals surface area (Å²) in [7, 11) is -0.379. The maximum atomic E-state index is 5.87. The first kappa shape index (κ1) is 11.5. The van der Waals surface area contributed by atoms with Gasteiger partial charge in [0.25, 0.3) is 0 Å². The molecule has 0 radical (unpaired) electrons. The van der Waals surface area contributed by atoms with Crippen molar-refractivity contribution < 1.29 is 9.31 Å². The highest BCUT2D eigenvalue weighted by Crippen LogP contribution is 2.21. The van der Waals surface area contributed by atoms with Crippen LogP contribution in [0.15, 0.2) is 6.20 Å². The van der Waals surface area contributed by atoms with Crippen molar-refractivity contribution >= 4 is 18.4 Å². The summed E-state index contributed by atoms with van der Waals surface area (Å²) in [5, 5.41) is 4.18. The van der Waals surface area contributed by atoms with E-state index < -0.39 is 0 Å². The van der Waals surface area contributed by atoms with Gasteiger partial charge in [0, 0.05) is 25.2 Å². The predicted molar refractivity (Wildman–Crippen MR) is 63.4 cm³/mol. The molecule has 1 saturated heterocycles. The maximum Gasteiger partial charge on any atom is 0.515 e. The van der Waals surface area contributed by atoms with Gasteiger partial charge in [0.1, 0.15) is 0 Å². The molecule has 2 heterocycles. The third kappa shape index (κ3) is 2.08. The molecule has 0 aliphatic carbocycles. The second-order valence-electron chi connectivity index (χ2n) is 4.92. The first-order valence-electron chi connectivity index (χ1n) is 5.58. The Bertz CT molecular complexity index is 368. The number of hydrogen-bond acceptors (Lipinski definition) is 4. The van der Waals surface area contributed by atoms with Crippen LogP contribution in [-0.4, -0.2) is 30.1 Å². The summed E-state index contributed by atoms with van der Waals surface area (Å²) in [6.07, 6.45) is 1.64. The molecular formula is C10H18BN3O2. The lowest BCUT2D eigenvalue weighted by Gasteiger charge is -2.33. The minimum atomic E-state index is -0.379. The Morgan fingerprint density at radius 1 is 1.50 bits per heavy atom. The van der Waals surface area contributed by atoms with Crippen LogP contribution < -0.4 is 11.3 Å². The first-order valence-corrected chi connectivity index (χ1v) is 5.58. The van der Waals surface area contributed by atoms with Crippen molar-refractivity contribution in [1.82, 2.24) is 9.78 Å². The van der Waals surface area contributed by atoms with Crippen molar-refractivity contribution in [3.63, 3.8) is 0 Å². The molecule has 88 valence electrons. The summed E-state index contributed by atoms with van der Waals surface area (Å²) in [6.45, 7) is 8.35. The van der Waals surface area contributed by atoms with E-state index in [0.29, 0.717) is 18.9 Å². The minimum Gasteiger partial charge on any atom is -0.406 e. The zero-order valence-electron chi connectivity index (χ0n) is 10.1. The second kappa shape index (κ2) is 4.10. The molecule has 0 spiro atoms. The molecule has 1 aromatic heterocycles. The minimum absolute atomic E-state index is 0.0718. The summed E-state index contributed by atoms with van der Waals surface area (Å²) < 4.78 is 13.2. The Morgan fingerprint density at radius 2 is 2.12 bits per heavy atom. The molecule has 16 heavy (non-hydrogen) atoms. The van der Waals surface area contributed by atoms with Gasteiger partial charge in [-0.1, -0.05) is 13.8 Å². The fourth-order valence-corrected chi connectivity index (χ4v) is 1.77. The molecule has 0 bridgehead atoms. The standard InChI is InChI=1S/C10H18BN3O2/c1-4-14-9(8(12)5-13-14)11-15-6-10(2,3)7-16-11/h5H,4,6-7,12H2,1-3H3. The second-order valence-corrected chi connectivity index (χ2v) is 4.92. The van der Waals surface area contributed by atoms with E-state index in [-0.39, 0.29) is 12.5 Å². The van der Waals surface area contributed by atoms with Crippen LogP contribution in [0.5, 0.6) is 0 Å². The third-order valence-electron chi connectivity index (χ3n) is 2.68. The first-order chi connectivity index (χ1) is 7.53. The summed E-state index contributed by atoms with van der Waals surface area (Å²) in [4.78, 5) is 0. The Hall–Kier alpha value is -1.01. The van der Waals surface area contributed by atoms with Crippen molar-refractivity contribution in [2.24, 2.45) is 5.41 Å². The highest BCUT2D eigenvalue weighted by Gasteiger charge is 2.36. The van der Waals surface area contributed by atoms with Crippen LogP contribution in [0.4, 0.5) is 5.69 Å². The number of rotatable bonds is 2. The van der Waals surface area contributed by atoms with Gasteiger partial charge in [0.2, 0.25) is 0 Å². The topological polar surface area (TPSA) is 62.3 Å². The fraction of sp³-hybridized carbons (Fsp3) is 0.700. The van der Waals surface area contributed by atoms with E-state index in [2.05, 4.69) is 18.9 Å². The lowest BCUT2D eigenvalue weighted by atomic mass is 9.79. The lowest BCUT2D eigenvalue weighted by Crippen LogP contribution is -2.50. The van der Waals surface area contributed by atoms with Gasteiger partial charge in [-0.3, -0.25) is 4.68 Å². The molecular weight excluding hydrogens is 205 g/mol. The number of nitrogen functional groups attached to an aromatic ring is 1. The summed E-state index contributed by atoms with van der Waals surface area (Å²) in [5.41, 5.74) is 7.41. The van der Waals surface area contributed by atoms with Crippen molar-refractivity contribution in [2.75, 3.05) is 18.9 Å². The maximum absolute atomic E-state index is 5.87. The van der Waals surface area contributed by atoms with Gasteiger partial charge in [-0.2, -0.15) is 5.10 Å². The molecule has 0 saturated carbocycles. The van der Waals surface area contributed by atoms with E-state index in [9.17, 15) is 0 Å². The van der Waals surface area contributed by atoms with Crippen molar-refractivity contribution in [3.05, 3.63) is 6.20 Å². The van der Waals surface area contributed by atoms with Crippen LogP contribution in [0.3, 0.4) is 0 Å². The largest absolute Gasteiger partial charge is 0.515 e. The average Bonchev–Trinajstić information content (AvgIpc) is 2.60. The van der Waals surface area contributed by atoms with Crippen molar-refractivity contribution in [1.29, 1.82) is 0 Å². The molecule has 1 aromatic rings. The summed E-state index contributed by atoms with van der Waals surface area (Å²) >= 11 is 0. The number of aryl methyl sites for hydroxylation is 1. The predicted octanol–water partition coefficient (Wildman–Crippen LogP) is 0.253. The quantitative estimate of drug-likeness (QED) is 0.730. The number of aromatic nitrogens is 2. The van der Waals surface area contributed by atoms with Crippen molar-refractivity contribution in [2.45, 2.75) is 27.3 Å². The van der Waals surface area contributed by atoms with Gasteiger partial charge < -0.3 is 15.0 Å². The van der Waals surface area contributed by atoms with E-state index in [1.54, 1.807) is 6.20 Å². The highest BCUT2D eigenvalue weighted by molar-refractivity contribution is 6.62. The lowest BCUT2D eigenvalue weighted by molar-refractivity contribution is 0.0336. The number of nitrogens with two attached hydrogens (primary N) is 1. The summed E-state index contributed by atoms with van der Waals surface area (Å²) in [6, 6.07) is 0. The fourth-order valence-electron chi connectivity index (χ4n) is 1.77. The SMILES string of the molecule is CCn1ncc(N)c1B1OCC(C)(C)CO1. The van der Waals surface area contributed by atoms with Crippen LogP contribution in [0.25, 0.3) is 0 Å². The van der Waals surface area contributed by atoms with E-state index in [1.807, 2.05) is 11.6 Å². The average molecular weight is 223 g/mol. The molecule has 2 N–H and O–H groups in total. The molecule has 0 atom stereocenters. The van der Waals surface area contributed by atoms with Gasteiger partial charge in [-0.05, 0) is 6.92 Å². The smallest absolute Gasteiger partial charge is 0.406 e. The normalized spacial score (nSPS) is 20.1. The molecule has 0 aromatic carbocycles. The van der Waals surface area contributed by atoms with Crippen LogP contribution in [0.1, 0.15) is 20.8 Å². The molecule has 0 amide bonds. The Balaban J connectivity index is 2.16. The number of nitrogens with zero attached hydrogens (tertiary/aromatic N) is 2. The van der Waals surface area contributed by atoms with Gasteiger partial charge in [0.15, 0.2) is 0 Å². The van der Waals surface area contributed by atoms with E-state index in [0.717, 1.165) is 12.1 Å². The molecule has 2 rings (SSSR count). The molecule has 1 fully saturated rings. The van der Waals surface area contributed by atoms with Crippen molar-refractivity contribution in [3.8, 4) is 0 Å². The number of anilines is 1. The Morgan fingerprint density at radius 3 is 2.69 bits per heavy atom. The van der Waals surface area contributed by atoms with Gasteiger partial charge in [0.05, 0.1) is 17.5 Å². The number of hydrogen-bond donors (Lipinski definition) is 1. The molecule has 0 unspecified atom stereocenters. The monoisotopic (exact) mass is 223 g/mol. The van der Waals surface area contributed by atoms with E-state index >= 15 is 0 Å². The summed E-state index contributed by atoms with van der Waals surface area (Å²) in [5.74, 6) is 0. The van der Waals surface area contributed by atoms with Gasteiger partial charge >= 0.3 is 7.12 Å². The molecule has 5 nitrogen and oxygen atoms in total. The Labute approximate surface area is 96.0 Å². The van der Waals surface area contributed by atoms with E-state index in [4.69, 9.17) is 15.0 Å². The molecule has 1 aliphatic heterocycles. The van der Waals surface area contributed by atoms with Crippen LogP contribution >= 0.6 is 0 Å². The molecule has 1 aliphatic rings. The Kier molecular flexibility index (Phi) is 2.94. The zero-order chi connectivity index (χ0) is 11.8. The van der Waals surface area contributed by atoms with Crippen LogP contribution in [0, 0.1) is 5.41 Å². The third-order valence-corrected chi connectivity index (χ3v) is 2.68. The van der Waals surface area contributed by atoms with Crippen LogP contribution in [-0.2, 0) is 15.9 Å².